The highest BCUT2D eigenvalue weighted by atomic mass is 16.2. The van der Waals surface area contributed by atoms with Crippen molar-refractivity contribution in [2.75, 3.05) is 5.73 Å². The van der Waals surface area contributed by atoms with Gasteiger partial charge in [-0.1, -0.05) is 36.4 Å². The summed E-state index contributed by atoms with van der Waals surface area (Å²) in [6.45, 7) is 1.82. The third-order valence-corrected chi connectivity index (χ3v) is 2.82. The van der Waals surface area contributed by atoms with Crippen molar-refractivity contribution < 1.29 is 4.79 Å². The molecule has 2 aromatic carbocycles. The van der Waals surface area contributed by atoms with Crippen LogP contribution in [0.1, 0.15) is 22.8 Å². The molecule has 0 fully saturated rings. The maximum absolute atomic E-state index is 11.9. The summed E-state index contributed by atoms with van der Waals surface area (Å²) in [5, 5.41) is 4.04. The molecule has 21 heavy (non-hydrogen) atoms. The van der Waals surface area contributed by atoms with Crippen molar-refractivity contribution >= 4 is 23.4 Å². The highest BCUT2D eigenvalue weighted by Gasteiger charge is 2.02. The first kappa shape index (κ1) is 14.5. The molecule has 106 valence electrons. The first-order valence-electron chi connectivity index (χ1n) is 6.58. The zero-order valence-electron chi connectivity index (χ0n) is 11.8. The summed E-state index contributed by atoms with van der Waals surface area (Å²) in [5.41, 5.74) is 11.0. The number of hydrazone groups is 1. The van der Waals surface area contributed by atoms with E-state index in [4.69, 9.17) is 5.73 Å². The van der Waals surface area contributed by atoms with Crippen molar-refractivity contribution in [2.45, 2.75) is 6.92 Å². The summed E-state index contributed by atoms with van der Waals surface area (Å²) >= 11 is 0. The number of nitrogen functional groups attached to an aromatic ring is 1. The van der Waals surface area contributed by atoms with E-state index in [-0.39, 0.29) is 5.91 Å². The van der Waals surface area contributed by atoms with Crippen molar-refractivity contribution in [1.29, 1.82) is 0 Å². The maximum atomic E-state index is 11.9. The first-order valence-corrected chi connectivity index (χ1v) is 6.58. The van der Waals surface area contributed by atoms with Crippen molar-refractivity contribution in [3.05, 3.63) is 71.8 Å². The number of carbonyl (C=O) groups is 1. The van der Waals surface area contributed by atoms with E-state index in [0.717, 1.165) is 5.56 Å². The van der Waals surface area contributed by atoms with E-state index in [1.54, 1.807) is 24.3 Å². The third-order valence-electron chi connectivity index (χ3n) is 2.82. The number of allylic oxidation sites excluding steroid dienone is 1. The molecule has 0 radical (unpaired) electrons. The molecule has 2 aromatic rings. The van der Waals surface area contributed by atoms with Crippen LogP contribution in [0.5, 0.6) is 0 Å². The number of benzene rings is 2. The number of nitrogens with zero attached hydrogens (tertiary/aromatic N) is 1. The monoisotopic (exact) mass is 279 g/mol. The van der Waals surface area contributed by atoms with E-state index >= 15 is 0 Å². The van der Waals surface area contributed by atoms with Gasteiger partial charge in [-0.15, -0.1) is 0 Å². The molecule has 3 N–H and O–H groups in total. The average molecular weight is 279 g/mol. The number of hydrogen-bond donors (Lipinski definition) is 2. The van der Waals surface area contributed by atoms with Gasteiger partial charge in [0, 0.05) is 11.3 Å². The van der Waals surface area contributed by atoms with E-state index < -0.39 is 0 Å². The van der Waals surface area contributed by atoms with Gasteiger partial charge in [0.2, 0.25) is 0 Å². The predicted molar refractivity (Wildman–Crippen MR) is 86.9 cm³/mol. The fourth-order valence-electron chi connectivity index (χ4n) is 1.66. The molecule has 0 bridgehead atoms. The zero-order chi connectivity index (χ0) is 15.1. The Morgan fingerprint density at radius 2 is 1.76 bits per heavy atom. The summed E-state index contributed by atoms with van der Waals surface area (Å²) in [4.78, 5) is 11.9. The second-order valence-corrected chi connectivity index (χ2v) is 4.56. The van der Waals surface area contributed by atoms with Gasteiger partial charge in [0.25, 0.3) is 5.91 Å². The van der Waals surface area contributed by atoms with Crippen LogP contribution in [0, 0.1) is 0 Å². The van der Waals surface area contributed by atoms with Crippen molar-refractivity contribution in [3.8, 4) is 0 Å². The van der Waals surface area contributed by atoms with E-state index in [1.165, 1.54) is 0 Å². The number of rotatable bonds is 4. The lowest BCUT2D eigenvalue weighted by Crippen LogP contribution is -2.18. The Morgan fingerprint density at radius 1 is 1.10 bits per heavy atom. The SMILES string of the molecule is CC(/C=C/c1ccccc1)=NNC(=O)c1ccc(N)cc1. The Hall–Kier alpha value is -2.88. The minimum absolute atomic E-state index is 0.262. The predicted octanol–water partition coefficient (Wildman–Crippen LogP) is 3.09. The molecule has 4 nitrogen and oxygen atoms in total. The molecular weight excluding hydrogens is 262 g/mol. The molecule has 0 heterocycles. The molecule has 1 amide bonds. The Morgan fingerprint density at radius 3 is 2.43 bits per heavy atom. The fourth-order valence-corrected chi connectivity index (χ4v) is 1.66. The molecule has 0 spiro atoms. The minimum Gasteiger partial charge on any atom is -0.399 e. The van der Waals surface area contributed by atoms with Gasteiger partial charge in [-0.3, -0.25) is 4.79 Å². The van der Waals surface area contributed by atoms with Gasteiger partial charge in [0.1, 0.15) is 0 Å². The van der Waals surface area contributed by atoms with Gasteiger partial charge in [0.05, 0.1) is 5.71 Å². The van der Waals surface area contributed by atoms with Gasteiger partial charge in [0.15, 0.2) is 0 Å². The second-order valence-electron chi connectivity index (χ2n) is 4.56. The van der Waals surface area contributed by atoms with Crippen LogP contribution in [0.15, 0.2) is 65.8 Å². The molecule has 2 rings (SSSR count). The summed E-state index contributed by atoms with van der Waals surface area (Å²) in [6.07, 6.45) is 3.78. The molecule has 0 aliphatic rings. The fraction of sp³-hybridized carbons (Fsp3) is 0.0588. The highest BCUT2D eigenvalue weighted by molar-refractivity contribution is 5.99. The van der Waals surface area contributed by atoms with E-state index in [0.29, 0.717) is 17.0 Å². The molecule has 0 aromatic heterocycles. The topological polar surface area (TPSA) is 67.5 Å². The van der Waals surface area contributed by atoms with Crippen molar-refractivity contribution in [1.82, 2.24) is 5.43 Å². The number of hydrogen-bond acceptors (Lipinski definition) is 3. The average Bonchev–Trinajstić information content (AvgIpc) is 2.52. The molecule has 0 atom stereocenters. The molecule has 0 saturated heterocycles. The lowest BCUT2D eigenvalue weighted by molar-refractivity contribution is 0.0955. The van der Waals surface area contributed by atoms with Gasteiger partial charge in [-0.05, 0) is 42.8 Å². The number of nitrogens with two attached hydrogens (primary N) is 1. The largest absolute Gasteiger partial charge is 0.399 e. The summed E-state index contributed by atoms with van der Waals surface area (Å²) in [5.74, 6) is -0.262. The Balaban J connectivity index is 1.95. The number of nitrogens with one attached hydrogen (secondary N) is 1. The standard InChI is InChI=1S/C17H17N3O/c1-13(7-8-14-5-3-2-4-6-14)19-20-17(21)15-9-11-16(18)12-10-15/h2-12H,18H2,1H3,(H,20,21)/b8-7+,19-13?. The number of carbonyl (C=O) groups excluding carboxylic acids is 1. The van der Waals surface area contributed by atoms with Crippen LogP contribution in [0.3, 0.4) is 0 Å². The Labute approximate surface area is 124 Å². The lowest BCUT2D eigenvalue weighted by Gasteiger charge is -2.01. The van der Waals surface area contributed by atoms with Crippen molar-refractivity contribution in [3.63, 3.8) is 0 Å². The van der Waals surface area contributed by atoms with Gasteiger partial charge >= 0.3 is 0 Å². The van der Waals surface area contributed by atoms with E-state index in [2.05, 4.69) is 10.5 Å². The first-order chi connectivity index (χ1) is 10.1. The number of amides is 1. The highest BCUT2D eigenvalue weighted by Crippen LogP contribution is 2.05. The lowest BCUT2D eigenvalue weighted by atomic mass is 10.2. The van der Waals surface area contributed by atoms with Crippen LogP contribution in [0.2, 0.25) is 0 Å². The van der Waals surface area contributed by atoms with E-state index in [1.807, 2.05) is 49.4 Å². The van der Waals surface area contributed by atoms with Crippen LogP contribution in [-0.4, -0.2) is 11.6 Å². The zero-order valence-corrected chi connectivity index (χ0v) is 11.8. The quantitative estimate of drug-likeness (QED) is 0.513. The van der Waals surface area contributed by atoms with Crippen LogP contribution in [-0.2, 0) is 0 Å². The number of anilines is 1. The summed E-state index contributed by atoms with van der Waals surface area (Å²) in [7, 11) is 0. The van der Waals surface area contributed by atoms with Gasteiger partial charge in [-0.25, -0.2) is 5.43 Å². The van der Waals surface area contributed by atoms with E-state index in [9.17, 15) is 4.79 Å². The Bertz CT molecular complexity index is 658. The van der Waals surface area contributed by atoms with Gasteiger partial charge < -0.3 is 5.73 Å². The second kappa shape index (κ2) is 7.05. The van der Waals surface area contributed by atoms with Crippen LogP contribution >= 0.6 is 0 Å². The molecular formula is C17H17N3O. The molecule has 0 aliphatic heterocycles. The van der Waals surface area contributed by atoms with Crippen LogP contribution < -0.4 is 11.2 Å². The van der Waals surface area contributed by atoms with Crippen LogP contribution in [0.4, 0.5) is 5.69 Å². The minimum atomic E-state index is -0.262. The van der Waals surface area contributed by atoms with Gasteiger partial charge in [-0.2, -0.15) is 5.10 Å². The summed E-state index contributed by atoms with van der Waals surface area (Å²) in [6, 6.07) is 16.6. The van der Waals surface area contributed by atoms with Crippen LogP contribution in [0.25, 0.3) is 6.08 Å². The van der Waals surface area contributed by atoms with Crippen molar-refractivity contribution in [2.24, 2.45) is 5.10 Å². The molecule has 0 aliphatic carbocycles. The third kappa shape index (κ3) is 4.62. The normalized spacial score (nSPS) is 11.6. The smallest absolute Gasteiger partial charge is 0.271 e. The maximum Gasteiger partial charge on any atom is 0.271 e. The summed E-state index contributed by atoms with van der Waals surface area (Å²) < 4.78 is 0. The molecule has 0 unspecified atom stereocenters. The Kier molecular flexibility index (Phi) is 4.88. The molecule has 0 saturated carbocycles. The molecule has 4 heteroatoms.